The fraction of sp³-hybridized carbons (Fsp3) is 0.647. The lowest BCUT2D eigenvalue weighted by Crippen LogP contribution is -2.30. The molecular formula is C17H24N2O2. The molecule has 0 radical (unpaired) electrons. The van der Waals surface area contributed by atoms with Gasteiger partial charge >= 0.3 is 5.97 Å². The van der Waals surface area contributed by atoms with Gasteiger partial charge in [0.25, 0.3) is 0 Å². The number of carboxylic acids is 1. The predicted molar refractivity (Wildman–Crippen MR) is 83.0 cm³/mol. The molecule has 1 N–H and O–H groups in total. The van der Waals surface area contributed by atoms with E-state index in [0.717, 1.165) is 56.3 Å². The van der Waals surface area contributed by atoms with E-state index in [-0.39, 0.29) is 0 Å². The number of pyridine rings is 1. The van der Waals surface area contributed by atoms with Gasteiger partial charge in [-0.2, -0.15) is 0 Å². The van der Waals surface area contributed by atoms with Crippen LogP contribution in [0.3, 0.4) is 0 Å². The van der Waals surface area contributed by atoms with E-state index in [9.17, 15) is 9.90 Å². The minimum atomic E-state index is -0.845. The summed E-state index contributed by atoms with van der Waals surface area (Å²) in [5, 5.41) is 9.56. The second kappa shape index (κ2) is 5.66. The largest absolute Gasteiger partial charge is 0.478 e. The highest BCUT2D eigenvalue weighted by molar-refractivity contribution is 5.94. The summed E-state index contributed by atoms with van der Waals surface area (Å²) in [6.07, 6.45) is 6.46. The molecule has 0 aliphatic heterocycles. The molecule has 0 spiro atoms. The average Bonchev–Trinajstić information content (AvgIpc) is 3.15. The summed E-state index contributed by atoms with van der Waals surface area (Å²) < 4.78 is 0. The third-order valence-corrected chi connectivity index (χ3v) is 4.47. The van der Waals surface area contributed by atoms with Gasteiger partial charge in [0.15, 0.2) is 0 Å². The Morgan fingerprint density at radius 3 is 2.81 bits per heavy atom. The van der Waals surface area contributed by atoms with Gasteiger partial charge in [-0.3, -0.25) is 0 Å². The maximum Gasteiger partial charge on any atom is 0.339 e. The van der Waals surface area contributed by atoms with Crippen molar-refractivity contribution in [1.82, 2.24) is 4.98 Å². The molecule has 0 atom stereocenters. The molecule has 1 aromatic rings. The van der Waals surface area contributed by atoms with Crippen LogP contribution in [-0.4, -0.2) is 28.6 Å². The number of fused-ring (bicyclic) bond motifs is 1. The highest BCUT2D eigenvalue weighted by Gasteiger charge is 2.33. The highest BCUT2D eigenvalue weighted by Crippen LogP contribution is 2.35. The first-order valence-corrected chi connectivity index (χ1v) is 8.09. The Bertz CT molecular complexity index is 550. The molecule has 0 saturated heterocycles. The van der Waals surface area contributed by atoms with E-state index in [4.69, 9.17) is 4.98 Å². The number of rotatable bonds is 6. The molecule has 4 nitrogen and oxygen atoms in total. The van der Waals surface area contributed by atoms with Crippen LogP contribution in [0.2, 0.25) is 0 Å². The zero-order chi connectivity index (χ0) is 15.0. The van der Waals surface area contributed by atoms with E-state index in [1.54, 1.807) is 0 Å². The minimum absolute atomic E-state index is 0.395. The van der Waals surface area contributed by atoms with Crippen LogP contribution in [0.4, 0.5) is 5.82 Å². The summed E-state index contributed by atoms with van der Waals surface area (Å²) in [7, 11) is 0. The van der Waals surface area contributed by atoms with Gasteiger partial charge in [-0.1, -0.05) is 13.8 Å². The zero-order valence-electron chi connectivity index (χ0n) is 12.9. The van der Waals surface area contributed by atoms with Crippen molar-refractivity contribution < 1.29 is 9.90 Å². The fourth-order valence-electron chi connectivity index (χ4n) is 3.08. The molecule has 1 fully saturated rings. The highest BCUT2D eigenvalue weighted by atomic mass is 16.4. The summed E-state index contributed by atoms with van der Waals surface area (Å²) >= 11 is 0. The molecule has 3 rings (SSSR count). The first kappa shape index (κ1) is 14.4. The molecular weight excluding hydrogens is 264 g/mol. The fourth-order valence-corrected chi connectivity index (χ4v) is 3.08. The number of hydrogen-bond donors (Lipinski definition) is 1. The van der Waals surface area contributed by atoms with Crippen molar-refractivity contribution in [2.75, 3.05) is 11.4 Å². The molecule has 0 bridgehead atoms. The second-order valence-electron chi connectivity index (χ2n) is 6.73. The monoisotopic (exact) mass is 288 g/mol. The van der Waals surface area contributed by atoms with Crippen LogP contribution >= 0.6 is 0 Å². The van der Waals surface area contributed by atoms with Gasteiger partial charge in [0, 0.05) is 18.3 Å². The Labute approximate surface area is 126 Å². The summed E-state index contributed by atoms with van der Waals surface area (Å²) in [6, 6.07) is 2.37. The van der Waals surface area contributed by atoms with Crippen LogP contribution in [0.15, 0.2) is 6.07 Å². The van der Waals surface area contributed by atoms with Gasteiger partial charge in [0.1, 0.15) is 11.4 Å². The van der Waals surface area contributed by atoms with Crippen molar-refractivity contribution >= 4 is 11.8 Å². The van der Waals surface area contributed by atoms with E-state index in [1.165, 1.54) is 0 Å². The first-order valence-electron chi connectivity index (χ1n) is 8.09. The number of carboxylic acid groups (broad SMARTS) is 1. The number of aromatic nitrogens is 1. The van der Waals surface area contributed by atoms with Gasteiger partial charge in [0.05, 0.1) is 0 Å². The first-order chi connectivity index (χ1) is 10.1. The summed E-state index contributed by atoms with van der Waals surface area (Å²) in [6.45, 7) is 5.33. The quantitative estimate of drug-likeness (QED) is 0.872. The SMILES string of the molecule is CC(C)CCN(c1nc2c(cc1C(=O)O)CCC2)C1CC1. The minimum Gasteiger partial charge on any atom is -0.478 e. The zero-order valence-corrected chi connectivity index (χ0v) is 12.9. The third kappa shape index (κ3) is 3.04. The maximum absolute atomic E-state index is 11.6. The molecule has 2 aliphatic rings. The molecule has 4 heteroatoms. The van der Waals surface area contributed by atoms with Gasteiger partial charge in [0.2, 0.25) is 0 Å². The van der Waals surface area contributed by atoms with Crippen molar-refractivity contribution in [3.63, 3.8) is 0 Å². The van der Waals surface area contributed by atoms with Crippen LogP contribution < -0.4 is 4.90 Å². The standard InChI is InChI=1S/C17H24N2O2/c1-11(2)8-9-19(13-6-7-13)16-14(17(20)21)10-12-4-3-5-15(12)18-16/h10-11,13H,3-9H2,1-2H3,(H,20,21). The molecule has 0 aromatic carbocycles. The molecule has 1 aromatic heterocycles. The average molecular weight is 288 g/mol. The van der Waals surface area contributed by atoms with E-state index in [0.29, 0.717) is 23.3 Å². The van der Waals surface area contributed by atoms with Crippen molar-refractivity contribution in [3.8, 4) is 0 Å². The molecule has 114 valence electrons. The molecule has 21 heavy (non-hydrogen) atoms. The smallest absolute Gasteiger partial charge is 0.339 e. The summed E-state index contributed by atoms with van der Waals surface area (Å²) in [5.74, 6) is 0.489. The number of aryl methyl sites for hydroxylation is 2. The third-order valence-electron chi connectivity index (χ3n) is 4.47. The second-order valence-corrected chi connectivity index (χ2v) is 6.73. The van der Waals surface area contributed by atoms with Crippen molar-refractivity contribution in [2.45, 2.75) is 58.4 Å². The topological polar surface area (TPSA) is 53.4 Å². The van der Waals surface area contributed by atoms with E-state index < -0.39 is 5.97 Å². The van der Waals surface area contributed by atoms with E-state index in [2.05, 4.69) is 18.7 Å². The van der Waals surface area contributed by atoms with Crippen LogP contribution in [0.1, 0.15) is 61.1 Å². The number of carbonyl (C=O) groups is 1. The lowest BCUT2D eigenvalue weighted by atomic mass is 10.1. The lowest BCUT2D eigenvalue weighted by Gasteiger charge is -2.26. The Balaban J connectivity index is 1.95. The normalized spacial score (nSPS) is 17.1. The van der Waals surface area contributed by atoms with Crippen molar-refractivity contribution in [1.29, 1.82) is 0 Å². The summed E-state index contributed by atoms with van der Waals surface area (Å²) in [4.78, 5) is 18.7. The Morgan fingerprint density at radius 2 is 2.19 bits per heavy atom. The number of anilines is 1. The van der Waals surface area contributed by atoms with E-state index in [1.807, 2.05) is 6.07 Å². The van der Waals surface area contributed by atoms with Crippen LogP contribution in [-0.2, 0) is 12.8 Å². The van der Waals surface area contributed by atoms with Crippen molar-refractivity contribution in [3.05, 3.63) is 22.9 Å². The van der Waals surface area contributed by atoms with Crippen LogP contribution in [0.5, 0.6) is 0 Å². The van der Waals surface area contributed by atoms with Gasteiger partial charge in [-0.25, -0.2) is 9.78 Å². The van der Waals surface area contributed by atoms with Gasteiger partial charge in [-0.05, 0) is 56.1 Å². The van der Waals surface area contributed by atoms with E-state index >= 15 is 0 Å². The summed E-state index contributed by atoms with van der Waals surface area (Å²) in [5.41, 5.74) is 2.65. The number of nitrogens with zero attached hydrogens (tertiary/aromatic N) is 2. The Kier molecular flexibility index (Phi) is 3.87. The van der Waals surface area contributed by atoms with Crippen molar-refractivity contribution in [2.24, 2.45) is 5.92 Å². The van der Waals surface area contributed by atoms with Crippen LogP contribution in [0, 0.1) is 5.92 Å². The number of hydrogen-bond acceptors (Lipinski definition) is 3. The van der Waals surface area contributed by atoms with Crippen LogP contribution in [0.25, 0.3) is 0 Å². The van der Waals surface area contributed by atoms with Gasteiger partial charge < -0.3 is 10.0 Å². The Morgan fingerprint density at radius 1 is 1.43 bits per heavy atom. The molecule has 1 heterocycles. The van der Waals surface area contributed by atoms with Gasteiger partial charge in [-0.15, -0.1) is 0 Å². The number of aromatic carboxylic acids is 1. The molecule has 2 aliphatic carbocycles. The molecule has 0 amide bonds. The lowest BCUT2D eigenvalue weighted by molar-refractivity contribution is 0.0697. The maximum atomic E-state index is 11.6. The molecule has 0 unspecified atom stereocenters. The molecule has 1 saturated carbocycles. The predicted octanol–water partition coefficient (Wildman–Crippen LogP) is 3.28. The Hall–Kier alpha value is -1.58.